The van der Waals surface area contributed by atoms with E-state index in [0.29, 0.717) is 23.2 Å². The Balaban J connectivity index is 1.69. The Hall–Kier alpha value is -2.49. The van der Waals surface area contributed by atoms with Crippen LogP contribution in [0.3, 0.4) is 0 Å². The number of nitrogens with zero attached hydrogens (tertiary/aromatic N) is 4. The van der Waals surface area contributed by atoms with E-state index in [1.54, 1.807) is 6.92 Å². The van der Waals surface area contributed by atoms with Crippen molar-refractivity contribution in [3.8, 4) is 0 Å². The third kappa shape index (κ3) is 5.35. The number of rotatable bonds is 9. The highest BCUT2D eigenvalue weighted by molar-refractivity contribution is 5.80. The molecule has 9 nitrogen and oxygen atoms in total. The lowest BCUT2D eigenvalue weighted by Gasteiger charge is -2.25. The SMILES string of the molecule is Cc1nc(NNC(=O)C(CC2CCCC2)CN(O)C=O)c(F)c(N2CCCC2C)n1. The molecule has 1 aliphatic carbocycles. The monoisotopic (exact) mass is 422 g/mol. The maximum atomic E-state index is 15.0. The van der Waals surface area contributed by atoms with Crippen LogP contribution in [0, 0.1) is 24.6 Å². The quantitative estimate of drug-likeness (QED) is 0.318. The minimum atomic E-state index is -0.612. The first-order chi connectivity index (χ1) is 14.4. The predicted molar refractivity (Wildman–Crippen MR) is 109 cm³/mol. The van der Waals surface area contributed by atoms with Crippen LogP contribution in [0.15, 0.2) is 0 Å². The summed E-state index contributed by atoms with van der Waals surface area (Å²) in [6, 6.07) is 0.186. The molecule has 2 fully saturated rings. The number of hydroxylamine groups is 2. The number of hydrogen-bond donors (Lipinski definition) is 3. The predicted octanol–water partition coefficient (Wildman–Crippen LogP) is 2.40. The fourth-order valence-corrected chi connectivity index (χ4v) is 4.47. The van der Waals surface area contributed by atoms with Gasteiger partial charge in [-0.2, -0.15) is 4.39 Å². The molecule has 1 saturated carbocycles. The molecule has 1 saturated heterocycles. The van der Waals surface area contributed by atoms with E-state index in [1.807, 2.05) is 11.8 Å². The number of carbonyl (C=O) groups excluding carboxylic acids is 2. The molecule has 10 heteroatoms. The summed E-state index contributed by atoms with van der Waals surface area (Å²) in [4.78, 5) is 33.8. The van der Waals surface area contributed by atoms with Gasteiger partial charge in [-0.25, -0.2) is 15.0 Å². The molecule has 2 atom stereocenters. The molecular weight excluding hydrogens is 391 g/mol. The van der Waals surface area contributed by atoms with Gasteiger partial charge in [0.2, 0.25) is 18.1 Å². The zero-order chi connectivity index (χ0) is 21.7. The standard InChI is InChI=1S/C20H31FN6O3/c1-13-6-5-9-27(13)19-17(21)18(22-14(2)23-19)24-25-20(29)16(11-26(30)12-28)10-15-7-3-4-8-15/h12-13,15-16,30H,3-11H2,1-2H3,(H,25,29)(H,22,23,24). The number of carbonyl (C=O) groups is 2. The molecule has 1 aliphatic heterocycles. The third-order valence-corrected chi connectivity index (χ3v) is 6.07. The van der Waals surface area contributed by atoms with Crippen LogP contribution >= 0.6 is 0 Å². The van der Waals surface area contributed by atoms with E-state index < -0.39 is 17.6 Å². The van der Waals surface area contributed by atoms with Gasteiger partial charge in [0.25, 0.3) is 0 Å². The van der Waals surface area contributed by atoms with Crippen LogP contribution in [-0.4, -0.2) is 51.7 Å². The van der Waals surface area contributed by atoms with E-state index in [1.165, 1.54) is 0 Å². The number of hydrazine groups is 1. The van der Waals surface area contributed by atoms with Gasteiger partial charge in [0.05, 0.1) is 12.5 Å². The Morgan fingerprint density at radius 1 is 1.33 bits per heavy atom. The van der Waals surface area contributed by atoms with Crippen molar-refractivity contribution in [3.63, 3.8) is 0 Å². The van der Waals surface area contributed by atoms with Crippen LogP contribution in [0.5, 0.6) is 0 Å². The Kier molecular flexibility index (Phi) is 7.41. The Labute approximate surface area is 176 Å². The molecular formula is C20H31FN6O3. The van der Waals surface area contributed by atoms with Gasteiger partial charge in [-0.3, -0.25) is 25.6 Å². The van der Waals surface area contributed by atoms with Crippen molar-refractivity contribution in [1.82, 2.24) is 20.5 Å². The number of anilines is 2. The van der Waals surface area contributed by atoms with E-state index >= 15 is 4.39 Å². The minimum Gasteiger partial charge on any atom is -0.351 e. The van der Waals surface area contributed by atoms with Crippen molar-refractivity contribution in [2.24, 2.45) is 11.8 Å². The van der Waals surface area contributed by atoms with Crippen molar-refractivity contribution >= 4 is 24.0 Å². The zero-order valence-electron chi connectivity index (χ0n) is 17.6. The Bertz CT molecular complexity index is 758. The van der Waals surface area contributed by atoms with Gasteiger partial charge < -0.3 is 4.90 Å². The number of hydrogen-bond acceptors (Lipinski definition) is 7. The third-order valence-electron chi connectivity index (χ3n) is 6.07. The summed E-state index contributed by atoms with van der Waals surface area (Å²) in [5.74, 6) is -0.738. The first-order valence-corrected chi connectivity index (χ1v) is 10.7. The molecule has 166 valence electrons. The van der Waals surface area contributed by atoms with Crippen LogP contribution in [-0.2, 0) is 9.59 Å². The number of halogens is 1. The van der Waals surface area contributed by atoms with E-state index in [0.717, 1.165) is 45.1 Å². The molecule has 2 heterocycles. The second-order valence-corrected chi connectivity index (χ2v) is 8.37. The molecule has 30 heavy (non-hydrogen) atoms. The van der Waals surface area contributed by atoms with E-state index in [9.17, 15) is 14.8 Å². The molecule has 0 radical (unpaired) electrons. The molecule has 3 rings (SSSR count). The largest absolute Gasteiger partial charge is 0.351 e. The normalized spacial score (nSPS) is 20.3. The first-order valence-electron chi connectivity index (χ1n) is 10.7. The summed E-state index contributed by atoms with van der Waals surface area (Å²) >= 11 is 0. The average Bonchev–Trinajstić information content (AvgIpc) is 3.39. The minimum absolute atomic E-state index is 0.0965. The molecule has 0 aromatic carbocycles. The molecule has 2 aliphatic rings. The highest BCUT2D eigenvalue weighted by Crippen LogP contribution is 2.31. The van der Waals surface area contributed by atoms with Crippen molar-refractivity contribution < 1.29 is 19.2 Å². The molecule has 2 amide bonds. The van der Waals surface area contributed by atoms with Crippen molar-refractivity contribution in [3.05, 3.63) is 11.6 Å². The van der Waals surface area contributed by atoms with Gasteiger partial charge in [-0.05, 0) is 39.0 Å². The zero-order valence-corrected chi connectivity index (χ0v) is 17.6. The van der Waals surface area contributed by atoms with E-state index in [2.05, 4.69) is 20.8 Å². The average molecular weight is 423 g/mol. The summed E-state index contributed by atoms with van der Waals surface area (Å²) in [6.45, 7) is 4.31. The van der Waals surface area contributed by atoms with Gasteiger partial charge >= 0.3 is 0 Å². The highest BCUT2D eigenvalue weighted by atomic mass is 19.1. The lowest BCUT2D eigenvalue weighted by molar-refractivity contribution is -0.154. The number of aryl methyl sites for hydroxylation is 1. The molecule has 1 aromatic heterocycles. The molecule has 3 N–H and O–H groups in total. The van der Waals surface area contributed by atoms with Gasteiger partial charge in [0.15, 0.2) is 11.6 Å². The van der Waals surface area contributed by atoms with Crippen molar-refractivity contribution in [2.45, 2.75) is 64.8 Å². The van der Waals surface area contributed by atoms with Crippen LogP contribution in [0.4, 0.5) is 16.0 Å². The fourth-order valence-electron chi connectivity index (χ4n) is 4.47. The van der Waals surface area contributed by atoms with Crippen molar-refractivity contribution in [1.29, 1.82) is 0 Å². The molecule has 0 spiro atoms. The molecule has 1 aromatic rings. The number of amides is 2. The summed E-state index contributed by atoms with van der Waals surface area (Å²) in [5.41, 5.74) is 5.10. The molecule has 0 bridgehead atoms. The van der Waals surface area contributed by atoms with E-state index in [-0.39, 0.29) is 30.6 Å². The summed E-state index contributed by atoms with van der Waals surface area (Å²) in [5, 5.41) is 10.1. The lowest BCUT2D eigenvalue weighted by Crippen LogP contribution is -2.41. The summed E-state index contributed by atoms with van der Waals surface area (Å²) in [7, 11) is 0. The maximum Gasteiger partial charge on any atom is 0.243 e. The Morgan fingerprint density at radius 3 is 2.70 bits per heavy atom. The second-order valence-electron chi connectivity index (χ2n) is 8.37. The Morgan fingerprint density at radius 2 is 2.07 bits per heavy atom. The molecule has 2 unspecified atom stereocenters. The highest BCUT2D eigenvalue weighted by Gasteiger charge is 2.29. The van der Waals surface area contributed by atoms with Crippen LogP contribution in [0.25, 0.3) is 0 Å². The number of nitrogens with one attached hydrogen (secondary N) is 2. The summed E-state index contributed by atoms with van der Waals surface area (Å²) in [6.07, 6.45) is 7.08. The first kappa shape index (κ1) is 22.2. The van der Waals surface area contributed by atoms with E-state index in [4.69, 9.17) is 0 Å². The maximum absolute atomic E-state index is 15.0. The summed E-state index contributed by atoms with van der Waals surface area (Å²) < 4.78 is 15.0. The smallest absolute Gasteiger partial charge is 0.243 e. The van der Waals surface area contributed by atoms with Gasteiger partial charge in [0, 0.05) is 12.6 Å². The number of aromatic nitrogens is 2. The van der Waals surface area contributed by atoms with Crippen LogP contribution < -0.4 is 15.8 Å². The van der Waals surface area contributed by atoms with Gasteiger partial charge in [0.1, 0.15) is 5.82 Å². The topological polar surface area (TPSA) is 111 Å². The van der Waals surface area contributed by atoms with Gasteiger partial charge in [-0.15, -0.1) is 0 Å². The van der Waals surface area contributed by atoms with Crippen molar-refractivity contribution in [2.75, 3.05) is 23.4 Å². The lowest BCUT2D eigenvalue weighted by atomic mass is 9.92. The van der Waals surface area contributed by atoms with Gasteiger partial charge in [-0.1, -0.05) is 25.7 Å². The second kappa shape index (κ2) is 10.0. The fraction of sp³-hybridized carbons (Fsp3) is 0.700. The van der Waals surface area contributed by atoms with Crippen LogP contribution in [0.2, 0.25) is 0 Å². The van der Waals surface area contributed by atoms with Crippen LogP contribution in [0.1, 0.15) is 57.7 Å².